The van der Waals surface area contributed by atoms with E-state index >= 15 is 0 Å². The highest BCUT2D eigenvalue weighted by molar-refractivity contribution is 5.75. The minimum absolute atomic E-state index is 0.109. The minimum atomic E-state index is -0.109. The van der Waals surface area contributed by atoms with E-state index in [4.69, 9.17) is 0 Å². The van der Waals surface area contributed by atoms with E-state index < -0.39 is 0 Å². The first-order valence-corrected chi connectivity index (χ1v) is 7.95. The molecule has 2 nitrogen and oxygen atoms in total. The van der Waals surface area contributed by atoms with Gasteiger partial charge < -0.3 is 9.90 Å². The van der Waals surface area contributed by atoms with E-state index in [2.05, 4.69) is 6.58 Å². The standard InChI is InChI=1S/C17H32O2/c1-3-4-5-11-14-17(19)15-12-9-7-6-8-10-13-16(2)18/h3,17,19H,1,4-15H2,2H3. The molecule has 1 unspecified atom stereocenters. The van der Waals surface area contributed by atoms with Crippen LogP contribution in [-0.4, -0.2) is 17.0 Å². The summed E-state index contributed by atoms with van der Waals surface area (Å²) in [4.78, 5) is 10.7. The van der Waals surface area contributed by atoms with Gasteiger partial charge >= 0.3 is 0 Å². The van der Waals surface area contributed by atoms with Crippen LogP contribution in [0.3, 0.4) is 0 Å². The Morgan fingerprint density at radius 1 is 1.00 bits per heavy atom. The van der Waals surface area contributed by atoms with Gasteiger partial charge in [0.1, 0.15) is 5.78 Å². The molecule has 0 saturated carbocycles. The Morgan fingerprint density at radius 2 is 1.53 bits per heavy atom. The largest absolute Gasteiger partial charge is 0.393 e. The van der Waals surface area contributed by atoms with Crippen molar-refractivity contribution in [1.82, 2.24) is 0 Å². The summed E-state index contributed by atoms with van der Waals surface area (Å²) in [5.41, 5.74) is 0. The van der Waals surface area contributed by atoms with Gasteiger partial charge in [-0.2, -0.15) is 0 Å². The van der Waals surface area contributed by atoms with Gasteiger partial charge in [0.15, 0.2) is 0 Å². The summed E-state index contributed by atoms with van der Waals surface area (Å²) in [5, 5.41) is 9.79. The van der Waals surface area contributed by atoms with Crippen LogP contribution < -0.4 is 0 Å². The molecule has 0 aromatic carbocycles. The van der Waals surface area contributed by atoms with Crippen LogP contribution in [0.1, 0.15) is 84.0 Å². The number of aliphatic hydroxyl groups is 1. The molecular formula is C17H32O2. The Bertz CT molecular complexity index is 223. The maximum Gasteiger partial charge on any atom is 0.129 e. The highest BCUT2D eigenvalue weighted by Crippen LogP contribution is 2.13. The lowest BCUT2D eigenvalue weighted by Gasteiger charge is -2.09. The van der Waals surface area contributed by atoms with Crippen LogP contribution in [0.15, 0.2) is 12.7 Å². The summed E-state index contributed by atoms with van der Waals surface area (Å²) in [7, 11) is 0. The smallest absolute Gasteiger partial charge is 0.129 e. The van der Waals surface area contributed by atoms with Crippen LogP contribution in [-0.2, 0) is 4.79 Å². The van der Waals surface area contributed by atoms with Crippen molar-refractivity contribution >= 4 is 5.78 Å². The minimum Gasteiger partial charge on any atom is -0.393 e. The first-order valence-electron chi connectivity index (χ1n) is 7.95. The second kappa shape index (κ2) is 13.8. The predicted molar refractivity (Wildman–Crippen MR) is 82.3 cm³/mol. The zero-order chi connectivity index (χ0) is 14.3. The number of Topliss-reactive ketones (excluding diaryl/α,β-unsaturated/α-hetero) is 1. The Morgan fingerprint density at radius 3 is 2.11 bits per heavy atom. The van der Waals surface area contributed by atoms with Crippen molar-refractivity contribution in [2.24, 2.45) is 0 Å². The normalized spacial score (nSPS) is 12.3. The molecule has 0 spiro atoms. The number of unbranched alkanes of at least 4 members (excludes halogenated alkanes) is 7. The number of ketones is 1. The molecule has 0 saturated heterocycles. The van der Waals surface area contributed by atoms with Crippen molar-refractivity contribution in [3.8, 4) is 0 Å². The zero-order valence-corrected chi connectivity index (χ0v) is 12.7. The lowest BCUT2D eigenvalue weighted by atomic mass is 10.0. The topological polar surface area (TPSA) is 37.3 Å². The van der Waals surface area contributed by atoms with Gasteiger partial charge in [-0.05, 0) is 39.0 Å². The summed E-state index contributed by atoms with van der Waals surface area (Å²) in [6, 6.07) is 0. The highest BCUT2D eigenvalue weighted by atomic mass is 16.3. The van der Waals surface area contributed by atoms with Gasteiger partial charge in [0, 0.05) is 6.42 Å². The Labute approximate surface area is 119 Å². The van der Waals surface area contributed by atoms with Crippen molar-refractivity contribution in [1.29, 1.82) is 0 Å². The first-order chi connectivity index (χ1) is 9.16. The molecular weight excluding hydrogens is 236 g/mol. The third-order valence-corrected chi connectivity index (χ3v) is 3.51. The molecule has 0 rings (SSSR count). The van der Waals surface area contributed by atoms with E-state index in [1.807, 2.05) is 6.08 Å². The van der Waals surface area contributed by atoms with E-state index in [0.717, 1.165) is 51.4 Å². The van der Waals surface area contributed by atoms with Crippen molar-refractivity contribution in [3.05, 3.63) is 12.7 Å². The summed E-state index contributed by atoms with van der Waals surface area (Å²) in [5.74, 6) is 0.305. The average molecular weight is 268 g/mol. The molecule has 1 atom stereocenters. The van der Waals surface area contributed by atoms with Crippen LogP contribution in [0.25, 0.3) is 0 Å². The van der Waals surface area contributed by atoms with Gasteiger partial charge in [0.05, 0.1) is 6.10 Å². The molecule has 0 bridgehead atoms. The third kappa shape index (κ3) is 15.3. The molecule has 0 amide bonds. The number of aliphatic hydroxyl groups excluding tert-OH is 1. The molecule has 19 heavy (non-hydrogen) atoms. The van der Waals surface area contributed by atoms with E-state index in [1.54, 1.807) is 6.92 Å². The number of hydrogen-bond acceptors (Lipinski definition) is 2. The van der Waals surface area contributed by atoms with E-state index in [9.17, 15) is 9.90 Å². The maximum atomic E-state index is 10.7. The molecule has 2 heteroatoms. The van der Waals surface area contributed by atoms with Gasteiger partial charge in [-0.25, -0.2) is 0 Å². The average Bonchev–Trinajstić information content (AvgIpc) is 2.37. The van der Waals surface area contributed by atoms with Crippen LogP contribution >= 0.6 is 0 Å². The van der Waals surface area contributed by atoms with E-state index in [1.165, 1.54) is 25.7 Å². The summed E-state index contributed by atoms with van der Waals surface area (Å²) in [6.45, 7) is 5.36. The van der Waals surface area contributed by atoms with Crippen LogP contribution in [0.5, 0.6) is 0 Å². The fourth-order valence-corrected chi connectivity index (χ4v) is 2.27. The molecule has 0 radical (unpaired) electrons. The Balaban J connectivity index is 3.15. The summed E-state index contributed by atoms with van der Waals surface area (Å²) < 4.78 is 0. The van der Waals surface area contributed by atoms with Crippen molar-refractivity contribution in [3.63, 3.8) is 0 Å². The quantitative estimate of drug-likeness (QED) is 0.363. The number of rotatable bonds is 14. The van der Waals surface area contributed by atoms with Gasteiger partial charge in [-0.3, -0.25) is 0 Å². The lowest BCUT2D eigenvalue weighted by Crippen LogP contribution is -2.05. The van der Waals surface area contributed by atoms with Crippen LogP contribution in [0.4, 0.5) is 0 Å². The number of hydrogen-bond donors (Lipinski definition) is 1. The van der Waals surface area contributed by atoms with Gasteiger partial charge in [0.2, 0.25) is 0 Å². The number of carbonyl (C=O) groups excluding carboxylic acids is 1. The maximum absolute atomic E-state index is 10.7. The molecule has 0 aliphatic carbocycles. The molecule has 0 fully saturated rings. The van der Waals surface area contributed by atoms with Gasteiger partial charge in [-0.15, -0.1) is 6.58 Å². The predicted octanol–water partition coefficient (Wildman–Crippen LogP) is 4.80. The van der Waals surface area contributed by atoms with Crippen molar-refractivity contribution < 1.29 is 9.90 Å². The summed E-state index contributed by atoms with van der Waals surface area (Å²) in [6.07, 6.45) is 14.8. The fraction of sp³-hybridized carbons (Fsp3) is 0.824. The number of allylic oxidation sites excluding steroid dienone is 1. The van der Waals surface area contributed by atoms with Crippen molar-refractivity contribution in [2.75, 3.05) is 0 Å². The molecule has 0 heterocycles. The second-order valence-electron chi connectivity index (χ2n) is 5.59. The molecule has 0 aliphatic heterocycles. The number of carbonyl (C=O) groups is 1. The summed E-state index contributed by atoms with van der Waals surface area (Å²) >= 11 is 0. The van der Waals surface area contributed by atoms with Crippen LogP contribution in [0.2, 0.25) is 0 Å². The fourth-order valence-electron chi connectivity index (χ4n) is 2.27. The second-order valence-corrected chi connectivity index (χ2v) is 5.59. The Kier molecular flexibility index (Phi) is 13.3. The van der Waals surface area contributed by atoms with E-state index in [0.29, 0.717) is 5.78 Å². The molecule has 0 aliphatic rings. The van der Waals surface area contributed by atoms with Gasteiger partial charge in [-0.1, -0.05) is 44.6 Å². The molecule has 112 valence electrons. The molecule has 0 aromatic heterocycles. The van der Waals surface area contributed by atoms with Crippen molar-refractivity contribution in [2.45, 2.75) is 90.1 Å². The van der Waals surface area contributed by atoms with Crippen LogP contribution in [0, 0.1) is 0 Å². The molecule has 1 N–H and O–H groups in total. The SMILES string of the molecule is C=CCCCCC(O)CCCCCCCCC(C)=O. The monoisotopic (exact) mass is 268 g/mol. The molecule has 0 aromatic rings. The first kappa shape index (κ1) is 18.4. The van der Waals surface area contributed by atoms with Gasteiger partial charge in [0.25, 0.3) is 0 Å². The Hall–Kier alpha value is -0.630. The highest BCUT2D eigenvalue weighted by Gasteiger charge is 2.03. The lowest BCUT2D eigenvalue weighted by molar-refractivity contribution is -0.117. The third-order valence-electron chi connectivity index (χ3n) is 3.51. The zero-order valence-electron chi connectivity index (χ0n) is 12.7. The van der Waals surface area contributed by atoms with E-state index in [-0.39, 0.29) is 6.10 Å².